The van der Waals surface area contributed by atoms with E-state index in [1.54, 1.807) is 0 Å². The van der Waals surface area contributed by atoms with E-state index in [1.165, 1.54) is 19.3 Å². The molecule has 0 amide bonds. The SMILES string of the molecule is CCN(CC)CCNC1CCCC1CO. The summed E-state index contributed by atoms with van der Waals surface area (Å²) < 4.78 is 0. The molecule has 90 valence electrons. The fourth-order valence-corrected chi connectivity index (χ4v) is 2.47. The number of nitrogens with zero attached hydrogens (tertiary/aromatic N) is 1. The number of hydrogen-bond acceptors (Lipinski definition) is 3. The molecule has 0 aromatic rings. The van der Waals surface area contributed by atoms with E-state index in [0.29, 0.717) is 18.6 Å². The third kappa shape index (κ3) is 4.09. The van der Waals surface area contributed by atoms with Crippen LogP contribution in [0, 0.1) is 5.92 Å². The van der Waals surface area contributed by atoms with E-state index < -0.39 is 0 Å². The number of rotatable bonds is 7. The van der Waals surface area contributed by atoms with Crippen molar-refractivity contribution in [3.8, 4) is 0 Å². The van der Waals surface area contributed by atoms with Crippen LogP contribution in [0.15, 0.2) is 0 Å². The molecule has 0 spiro atoms. The molecule has 1 aliphatic rings. The summed E-state index contributed by atoms with van der Waals surface area (Å²) in [5, 5.41) is 12.8. The van der Waals surface area contributed by atoms with Gasteiger partial charge in [-0.3, -0.25) is 0 Å². The van der Waals surface area contributed by atoms with Crippen molar-refractivity contribution in [1.82, 2.24) is 10.2 Å². The van der Waals surface area contributed by atoms with Crippen LogP contribution in [0.25, 0.3) is 0 Å². The molecule has 0 bridgehead atoms. The second-order valence-electron chi connectivity index (χ2n) is 4.46. The quantitative estimate of drug-likeness (QED) is 0.665. The largest absolute Gasteiger partial charge is 0.396 e. The van der Waals surface area contributed by atoms with Crippen LogP contribution in [0.2, 0.25) is 0 Å². The minimum Gasteiger partial charge on any atom is -0.396 e. The zero-order chi connectivity index (χ0) is 11.1. The number of likely N-dealkylation sites (N-methyl/N-ethyl adjacent to an activating group) is 1. The Balaban J connectivity index is 2.13. The van der Waals surface area contributed by atoms with Crippen LogP contribution >= 0.6 is 0 Å². The van der Waals surface area contributed by atoms with E-state index in [0.717, 1.165) is 26.2 Å². The van der Waals surface area contributed by atoms with Crippen LogP contribution in [0.5, 0.6) is 0 Å². The van der Waals surface area contributed by atoms with E-state index in [9.17, 15) is 5.11 Å². The highest BCUT2D eigenvalue weighted by Gasteiger charge is 2.25. The van der Waals surface area contributed by atoms with E-state index in [1.807, 2.05) is 0 Å². The van der Waals surface area contributed by atoms with Gasteiger partial charge in [0.05, 0.1) is 0 Å². The van der Waals surface area contributed by atoms with E-state index >= 15 is 0 Å². The molecular formula is C12H26N2O. The fraction of sp³-hybridized carbons (Fsp3) is 1.00. The lowest BCUT2D eigenvalue weighted by Crippen LogP contribution is -2.39. The zero-order valence-electron chi connectivity index (χ0n) is 10.2. The molecule has 2 N–H and O–H groups in total. The molecule has 1 saturated carbocycles. The maximum atomic E-state index is 9.19. The van der Waals surface area contributed by atoms with Gasteiger partial charge in [0.25, 0.3) is 0 Å². The van der Waals surface area contributed by atoms with Crippen molar-refractivity contribution in [2.45, 2.75) is 39.2 Å². The first-order valence-electron chi connectivity index (χ1n) is 6.38. The summed E-state index contributed by atoms with van der Waals surface area (Å²) in [4.78, 5) is 2.43. The van der Waals surface area contributed by atoms with Crippen molar-refractivity contribution in [2.24, 2.45) is 5.92 Å². The van der Waals surface area contributed by atoms with Gasteiger partial charge in [0.2, 0.25) is 0 Å². The van der Waals surface area contributed by atoms with Gasteiger partial charge >= 0.3 is 0 Å². The van der Waals surface area contributed by atoms with Crippen molar-refractivity contribution >= 4 is 0 Å². The van der Waals surface area contributed by atoms with E-state index in [-0.39, 0.29) is 0 Å². The smallest absolute Gasteiger partial charge is 0.0474 e. The first-order chi connectivity index (χ1) is 7.31. The van der Waals surface area contributed by atoms with Gasteiger partial charge in [-0.05, 0) is 31.8 Å². The predicted molar refractivity (Wildman–Crippen MR) is 64.0 cm³/mol. The van der Waals surface area contributed by atoms with Crippen LogP contribution in [0.3, 0.4) is 0 Å². The molecule has 2 atom stereocenters. The summed E-state index contributed by atoms with van der Waals surface area (Å²) in [6.45, 7) is 9.21. The van der Waals surface area contributed by atoms with Gasteiger partial charge in [-0.15, -0.1) is 0 Å². The Bertz CT molecular complexity index is 160. The maximum absolute atomic E-state index is 9.19. The average Bonchev–Trinajstić information content (AvgIpc) is 2.72. The molecule has 0 saturated heterocycles. The molecule has 0 radical (unpaired) electrons. The molecule has 1 aliphatic carbocycles. The average molecular weight is 214 g/mol. The van der Waals surface area contributed by atoms with Crippen molar-refractivity contribution in [2.75, 3.05) is 32.8 Å². The molecule has 3 nitrogen and oxygen atoms in total. The summed E-state index contributed by atoms with van der Waals surface area (Å²) in [5.74, 6) is 0.502. The van der Waals surface area contributed by atoms with Crippen LogP contribution in [-0.4, -0.2) is 48.8 Å². The normalized spacial score (nSPS) is 26.4. The van der Waals surface area contributed by atoms with Gasteiger partial charge in [-0.2, -0.15) is 0 Å². The zero-order valence-corrected chi connectivity index (χ0v) is 10.2. The Morgan fingerprint density at radius 2 is 2.00 bits per heavy atom. The summed E-state index contributed by atoms with van der Waals surface area (Å²) >= 11 is 0. The number of aliphatic hydroxyl groups excluding tert-OH is 1. The van der Waals surface area contributed by atoms with Gasteiger partial charge in [0.15, 0.2) is 0 Å². The first-order valence-corrected chi connectivity index (χ1v) is 6.38. The van der Waals surface area contributed by atoms with Gasteiger partial charge in [0, 0.05) is 25.7 Å². The summed E-state index contributed by atoms with van der Waals surface area (Å²) in [7, 11) is 0. The van der Waals surface area contributed by atoms with Crippen LogP contribution in [-0.2, 0) is 0 Å². The highest BCUT2D eigenvalue weighted by molar-refractivity contribution is 4.82. The third-order valence-corrected chi connectivity index (χ3v) is 3.62. The molecule has 1 fully saturated rings. The van der Waals surface area contributed by atoms with Crippen molar-refractivity contribution in [1.29, 1.82) is 0 Å². The van der Waals surface area contributed by atoms with Crippen molar-refractivity contribution < 1.29 is 5.11 Å². The molecule has 0 heterocycles. The number of hydrogen-bond donors (Lipinski definition) is 2. The standard InChI is InChI=1S/C12H26N2O/c1-3-14(4-2)9-8-13-12-7-5-6-11(12)10-15/h11-13,15H,3-10H2,1-2H3. The Morgan fingerprint density at radius 3 is 2.60 bits per heavy atom. The van der Waals surface area contributed by atoms with Crippen LogP contribution < -0.4 is 5.32 Å². The summed E-state index contributed by atoms with van der Waals surface area (Å²) in [6, 6.07) is 0.561. The third-order valence-electron chi connectivity index (χ3n) is 3.62. The Hall–Kier alpha value is -0.120. The second kappa shape index (κ2) is 7.20. The van der Waals surface area contributed by atoms with Gasteiger partial charge in [-0.25, -0.2) is 0 Å². The van der Waals surface area contributed by atoms with Crippen LogP contribution in [0.1, 0.15) is 33.1 Å². The van der Waals surface area contributed by atoms with Crippen molar-refractivity contribution in [3.63, 3.8) is 0 Å². The lowest BCUT2D eigenvalue weighted by molar-refractivity contribution is 0.201. The first kappa shape index (κ1) is 12.9. The van der Waals surface area contributed by atoms with Gasteiger partial charge in [-0.1, -0.05) is 20.3 Å². The second-order valence-corrected chi connectivity index (χ2v) is 4.46. The number of nitrogens with one attached hydrogen (secondary N) is 1. The minimum atomic E-state index is 0.350. The van der Waals surface area contributed by atoms with E-state index in [2.05, 4.69) is 24.1 Å². The highest BCUT2D eigenvalue weighted by Crippen LogP contribution is 2.24. The molecule has 3 heteroatoms. The molecule has 0 aromatic heterocycles. The number of aliphatic hydroxyl groups is 1. The summed E-state index contributed by atoms with van der Waals surface area (Å²) in [6.07, 6.45) is 3.71. The highest BCUT2D eigenvalue weighted by atomic mass is 16.3. The predicted octanol–water partition coefficient (Wildman–Crippen LogP) is 1.08. The molecule has 0 aromatic carbocycles. The lowest BCUT2D eigenvalue weighted by atomic mass is 10.1. The maximum Gasteiger partial charge on any atom is 0.0474 e. The van der Waals surface area contributed by atoms with Crippen molar-refractivity contribution in [3.05, 3.63) is 0 Å². The Kier molecular flexibility index (Phi) is 6.22. The van der Waals surface area contributed by atoms with Gasteiger partial charge in [0.1, 0.15) is 0 Å². The van der Waals surface area contributed by atoms with E-state index in [4.69, 9.17) is 0 Å². The molecular weight excluding hydrogens is 188 g/mol. The van der Waals surface area contributed by atoms with Crippen LogP contribution in [0.4, 0.5) is 0 Å². The Morgan fingerprint density at radius 1 is 1.27 bits per heavy atom. The molecule has 15 heavy (non-hydrogen) atoms. The monoisotopic (exact) mass is 214 g/mol. The Labute approximate surface area is 93.9 Å². The topological polar surface area (TPSA) is 35.5 Å². The molecule has 0 aliphatic heterocycles. The molecule has 1 rings (SSSR count). The minimum absolute atomic E-state index is 0.350. The lowest BCUT2D eigenvalue weighted by Gasteiger charge is -2.22. The molecule has 2 unspecified atom stereocenters. The summed E-state index contributed by atoms with van der Waals surface area (Å²) in [5.41, 5.74) is 0. The fourth-order valence-electron chi connectivity index (χ4n) is 2.47. The van der Waals surface area contributed by atoms with Gasteiger partial charge < -0.3 is 15.3 Å².